The normalized spacial score (nSPS) is 27.9. The molecule has 3 heterocycles. The van der Waals surface area contributed by atoms with Crippen LogP contribution in [0.3, 0.4) is 0 Å². The number of fused-ring (bicyclic) bond motifs is 1. The van der Waals surface area contributed by atoms with Crippen molar-refractivity contribution >= 4 is 37.1 Å². The number of carbonyl (C=O) groups excluding carboxylic acids is 1. The number of carbonyl (C=O) groups is 1. The van der Waals surface area contributed by atoms with Crippen LogP contribution in [-0.4, -0.2) is 85.0 Å². The van der Waals surface area contributed by atoms with Gasteiger partial charge in [-0.05, 0) is 33.6 Å². The van der Waals surface area contributed by atoms with Gasteiger partial charge in [-0.3, -0.25) is 13.9 Å². The van der Waals surface area contributed by atoms with Gasteiger partial charge >= 0.3 is 5.97 Å². The molecule has 1 saturated carbocycles. The van der Waals surface area contributed by atoms with Crippen molar-refractivity contribution in [2.75, 3.05) is 24.3 Å². The fraction of sp³-hybridized carbons (Fsp3) is 0.700. The van der Waals surface area contributed by atoms with Crippen molar-refractivity contribution in [2.24, 2.45) is 0 Å². The third-order valence-electron chi connectivity index (χ3n) is 5.83. The van der Waals surface area contributed by atoms with Crippen LogP contribution in [0.1, 0.15) is 39.8 Å². The Bertz CT molecular complexity index is 1130. The summed E-state index contributed by atoms with van der Waals surface area (Å²) >= 11 is 0. The second kappa shape index (κ2) is 10.5. The standard InChI is InChI=1S/C20H31FN7O7P/c1-9(2)34-17(31)10(3)27-36(32)33-6-12-14(30)20(21,7-29)18(35-12)28-8-23-13-15(24-11-4-5-11)25-19(22)26-16(13)28/h8-12,14,18,29-30,36H,4-7H2,1-3H3,(H,27,32)(H3,22,24,25,26)/t10-,12+,14+,18+,20+/m0/s1. The van der Waals surface area contributed by atoms with Crippen molar-refractivity contribution in [3.05, 3.63) is 6.33 Å². The number of aliphatic hydroxyl groups is 2. The van der Waals surface area contributed by atoms with Crippen molar-refractivity contribution in [2.45, 2.75) is 75.9 Å². The molecule has 0 bridgehead atoms. The second-order valence-electron chi connectivity index (χ2n) is 9.18. The molecule has 2 fully saturated rings. The molecular formula is C20H31FN7O7P. The van der Waals surface area contributed by atoms with E-state index in [1.165, 1.54) is 17.8 Å². The summed E-state index contributed by atoms with van der Waals surface area (Å²) < 4.78 is 45.3. The van der Waals surface area contributed by atoms with Crippen molar-refractivity contribution in [3.63, 3.8) is 0 Å². The second-order valence-corrected chi connectivity index (χ2v) is 10.3. The Kier molecular flexibility index (Phi) is 7.78. The lowest BCUT2D eigenvalue weighted by Crippen LogP contribution is -2.46. The average molecular weight is 531 g/mol. The zero-order chi connectivity index (χ0) is 26.2. The van der Waals surface area contributed by atoms with E-state index in [0.29, 0.717) is 11.3 Å². The smallest absolute Gasteiger partial charge is 0.323 e. The number of hydrogen-bond acceptors (Lipinski definition) is 12. The maximum Gasteiger partial charge on any atom is 0.323 e. The summed E-state index contributed by atoms with van der Waals surface area (Å²) in [6.07, 6.45) is -1.84. The van der Waals surface area contributed by atoms with Crippen LogP contribution >= 0.6 is 8.18 Å². The van der Waals surface area contributed by atoms with Crippen molar-refractivity contribution in [1.29, 1.82) is 0 Å². The van der Waals surface area contributed by atoms with Gasteiger partial charge < -0.3 is 35.3 Å². The van der Waals surface area contributed by atoms with Crippen LogP contribution in [0.15, 0.2) is 6.33 Å². The molecule has 36 heavy (non-hydrogen) atoms. The molecule has 14 nitrogen and oxygen atoms in total. The van der Waals surface area contributed by atoms with Gasteiger partial charge in [-0.15, -0.1) is 0 Å². The highest BCUT2D eigenvalue weighted by Gasteiger charge is 2.58. The molecule has 16 heteroatoms. The molecule has 1 unspecified atom stereocenters. The van der Waals surface area contributed by atoms with Crippen molar-refractivity contribution in [1.82, 2.24) is 24.6 Å². The summed E-state index contributed by atoms with van der Waals surface area (Å²) in [4.78, 5) is 24.5. The molecular weight excluding hydrogens is 500 g/mol. The van der Waals surface area contributed by atoms with Crippen LogP contribution in [0, 0.1) is 0 Å². The summed E-state index contributed by atoms with van der Waals surface area (Å²) in [6, 6.07) is -0.678. The van der Waals surface area contributed by atoms with Crippen LogP contribution < -0.4 is 16.1 Å². The predicted molar refractivity (Wildman–Crippen MR) is 126 cm³/mol. The van der Waals surface area contributed by atoms with Crippen LogP contribution in [-0.2, 0) is 23.4 Å². The van der Waals surface area contributed by atoms with Gasteiger partial charge in [0.25, 0.3) is 8.18 Å². The quantitative estimate of drug-likeness (QED) is 0.196. The molecule has 0 amide bonds. The number of esters is 1. The lowest BCUT2D eigenvalue weighted by molar-refractivity contribution is -0.149. The molecule has 0 radical (unpaired) electrons. The van der Waals surface area contributed by atoms with E-state index in [1.807, 2.05) is 0 Å². The summed E-state index contributed by atoms with van der Waals surface area (Å²) in [5.74, 6) is -0.300. The summed E-state index contributed by atoms with van der Waals surface area (Å²) in [6.45, 7) is 3.23. The Balaban J connectivity index is 1.48. The molecule has 1 aliphatic carbocycles. The zero-order valence-electron chi connectivity index (χ0n) is 20.0. The maximum absolute atomic E-state index is 15.9. The fourth-order valence-corrected chi connectivity index (χ4v) is 4.67. The van der Waals surface area contributed by atoms with E-state index in [4.69, 9.17) is 19.7 Å². The van der Waals surface area contributed by atoms with Crippen LogP contribution in [0.5, 0.6) is 0 Å². The van der Waals surface area contributed by atoms with E-state index in [9.17, 15) is 19.6 Å². The number of ether oxygens (including phenoxy) is 2. The largest absolute Gasteiger partial charge is 0.462 e. The number of imidazole rings is 1. The number of nitrogens with two attached hydrogens (primary N) is 1. The monoisotopic (exact) mass is 531 g/mol. The molecule has 1 saturated heterocycles. The van der Waals surface area contributed by atoms with Crippen molar-refractivity contribution < 1.29 is 38.0 Å². The highest BCUT2D eigenvalue weighted by molar-refractivity contribution is 7.36. The number of alkyl halides is 1. The third kappa shape index (κ3) is 5.45. The van der Waals surface area contributed by atoms with Crippen LogP contribution in [0.25, 0.3) is 11.2 Å². The topological polar surface area (TPSA) is 196 Å². The van der Waals surface area contributed by atoms with E-state index >= 15 is 4.39 Å². The third-order valence-corrected chi connectivity index (χ3v) is 6.93. The minimum absolute atomic E-state index is 0.0749. The number of nitrogens with zero attached hydrogens (tertiary/aromatic N) is 4. The van der Waals surface area contributed by atoms with Crippen molar-refractivity contribution in [3.8, 4) is 0 Å². The molecule has 6 N–H and O–H groups in total. The van der Waals surface area contributed by atoms with Gasteiger partial charge in [0.1, 0.15) is 18.2 Å². The molecule has 6 atom stereocenters. The molecule has 4 rings (SSSR count). The number of nitrogens with one attached hydrogen (secondary N) is 2. The lowest BCUT2D eigenvalue weighted by Gasteiger charge is -2.26. The highest BCUT2D eigenvalue weighted by Crippen LogP contribution is 2.43. The van der Waals surface area contributed by atoms with Gasteiger partial charge in [-0.2, -0.15) is 9.97 Å². The average Bonchev–Trinajstić information content (AvgIpc) is 3.48. The number of nitrogen functional groups attached to an aromatic ring is 1. The van der Waals surface area contributed by atoms with Gasteiger partial charge in [0.05, 0.1) is 25.6 Å². The van der Waals surface area contributed by atoms with E-state index < -0.39 is 57.5 Å². The molecule has 200 valence electrons. The minimum Gasteiger partial charge on any atom is -0.462 e. The Morgan fingerprint density at radius 3 is 2.78 bits per heavy atom. The molecule has 0 spiro atoms. The zero-order valence-corrected chi connectivity index (χ0v) is 21.0. The first-order chi connectivity index (χ1) is 17.0. The van der Waals surface area contributed by atoms with Crippen LogP contribution in [0.2, 0.25) is 0 Å². The first kappa shape index (κ1) is 26.6. The lowest BCUT2D eigenvalue weighted by atomic mass is 9.97. The number of aliphatic hydroxyl groups excluding tert-OH is 2. The van der Waals surface area contributed by atoms with Crippen LogP contribution in [0.4, 0.5) is 16.2 Å². The van der Waals surface area contributed by atoms with Gasteiger partial charge in [0.2, 0.25) is 11.6 Å². The first-order valence-corrected chi connectivity index (χ1v) is 12.9. The Labute approximate surface area is 206 Å². The molecule has 0 aromatic carbocycles. The molecule has 2 aromatic heterocycles. The SMILES string of the molecule is CC(C)OC(=O)[C@H](C)N[PH](=O)OC[C@H]1O[C@@H](n2cnc3c(NC4CC4)nc(N)nc32)[C@@](F)(CO)[C@@H]1O. The summed E-state index contributed by atoms with van der Waals surface area (Å²) in [5, 5.41) is 26.1. The maximum atomic E-state index is 15.9. The van der Waals surface area contributed by atoms with Gasteiger partial charge in [-0.25, -0.2) is 14.5 Å². The predicted octanol–water partition coefficient (Wildman–Crippen LogP) is 0.278. The highest BCUT2D eigenvalue weighted by atomic mass is 31.1. The summed E-state index contributed by atoms with van der Waals surface area (Å²) in [5.41, 5.74) is 3.65. The van der Waals surface area contributed by atoms with E-state index in [-0.39, 0.29) is 23.7 Å². The van der Waals surface area contributed by atoms with Gasteiger partial charge in [-0.1, -0.05) is 0 Å². The minimum atomic E-state index is -2.99. The number of hydrogen-bond donors (Lipinski definition) is 5. The fourth-order valence-electron chi connectivity index (χ4n) is 3.80. The Hall–Kier alpha value is -2.42. The first-order valence-electron chi connectivity index (χ1n) is 11.6. The number of aromatic nitrogens is 4. The van der Waals surface area contributed by atoms with Gasteiger partial charge in [0, 0.05) is 6.04 Å². The van der Waals surface area contributed by atoms with E-state index in [1.54, 1.807) is 13.8 Å². The summed E-state index contributed by atoms with van der Waals surface area (Å²) in [7, 11) is -2.99. The molecule has 2 aliphatic rings. The van der Waals surface area contributed by atoms with E-state index in [0.717, 1.165) is 12.8 Å². The Morgan fingerprint density at radius 1 is 1.42 bits per heavy atom. The van der Waals surface area contributed by atoms with E-state index in [2.05, 4.69) is 25.4 Å². The number of halogens is 1. The molecule has 2 aromatic rings. The van der Waals surface area contributed by atoms with Gasteiger partial charge in [0.15, 0.2) is 23.2 Å². The number of anilines is 2. The Morgan fingerprint density at radius 2 is 2.14 bits per heavy atom. The number of rotatable bonds is 11. The molecule has 1 aliphatic heterocycles.